The van der Waals surface area contributed by atoms with Crippen molar-refractivity contribution in [2.75, 3.05) is 12.4 Å². The zero-order valence-electron chi connectivity index (χ0n) is 22.6. The highest BCUT2D eigenvalue weighted by Crippen LogP contribution is 2.33. The fourth-order valence-electron chi connectivity index (χ4n) is 3.91. The van der Waals surface area contributed by atoms with Crippen molar-refractivity contribution in [3.63, 3.8) is 0 Å². The second kappa shape index (κ2) is 11.9. The smallest absolute Gasteiger partial charge is 0.340 e. The van der Waals surface area contributed by atoms with Crippen LogP contribution in [0.4, 0.5) is 11.4 Å². The predicted octanol–water partition coefficient (Wildman–Crippen LogP) is 4.62. The first-order chi connectivity index (χ1) is 19.7. The van der Waals surface area contributed by atoms with Crippen molar-refractivity contribution in [2.24, 2.45) is 10.2 Å². The molecule has 0 saturated carbocycles. The standard InChI is InChI=1S/C26H24N4O9S3/c1-14-5-10-19-24(40-13-27-19)25(14)42(36,37)39-18-8-6-17(7-9-18)29-30-23(16(3)31)26(32)28-20-11-15(2)22(41(33,34)35)12-21(20)38-4/h5-13,23H,1-4H3,(H,28,32)(H,33,34,35). The van der Waals surface area contributed by atoms with E-state index < -0.39 is 42.9 Å². The van der Waals surface area contributed by atoms with Crippen LogP contribution in [-0.2, 0) is 29.8 Å². The molecular formula is C26H24N4O9S3. The van der Waals surface area contributed by atoms with Gasteiger partial charge in [0.2, 0.25) is 6.04 Å². The Bertz CT molecular complexity index is 1940. The van der Waals surface area contributed by atoms with Crippen molar-refractivity contribution in [2.45, 2.75) is 36.6 Å². The molecule has 0 aliphatic carbocycles. The highest BCUT2D eigenvalue weighted by molar-refractivity contribution is 7.87. The molecule has 13 nitrogen and oxygen atoms in total. The van der Waals surface area contributed by atoms with E-state index in [0.29, 0.717) is 15.8 Å². The zero-order valence-corrected chi connectivity index (χ0v) is 25.0. The second-order valence-corrected chi connectivity index (χ2v) is 12.7. The van der Waals surface area contributed by atoms with E-state index in [1.54, 1.807) is 24.6 Å². The summed E-state index contributed by atoms with van der Waals surface area (Å²) in [4.78, 5) is 28.9. The third-order valence-electron chi connectivity index (χ3n) is 5.90. The van der Waals surface area contributed by atoms with Gasteiger partial charge in [-0.2, -0.15) is 27.1 Å². The molecule has 4 aromatic rings. The number of aromatic nitrogens is 1. The van der Waals surface area contributed by atoms with Crippen LogP contribution < -0.4 is 14.2 Å². The zero-order chi connectivity index (χ0) is 30.8. The Hall–Kier alpha value is -4.25. The van der Waals surface area contributed by atoms with Gasteiger partial charge >= 0.3 is 10.1 Å². The summed E-state index contributed by atoms with van der Waals surface area (Å²) in [5.74, 6) is -1.58. The Morgan fingerprint density at radius 3 is 2.33 bits per heavy atom. The number of ketones is 1. The molecular weight excluding hydrogens is 609 g/mol. The summed E-state index contributed by atoms with van der Waals surface area (Å²) in [6, 6.07) is 9.58. The first-order valence-corrected chi connectivity index (χ1v) is 15.7. The van der Waals surface area contributed by atoms with Crippen molar-refractivity contribution < 1.29 is 39.9 Å². The monoisotopic (exact) mass is 632 g/mol. The summed E-state index contributed by atoms with van der Waals surface area (Å²) < 4.78 is 69.6. The number of anilines is 1. The number of amides is 1. The molecule has 4 rings (SSSR count). The number of hydrogen-bond donors (Lipinski definition) is 2. The van der Waals surface area contributed by atoms with Gasteiger partial charge in [0.25, 0.3) is 16.0 Å². The van der Waals surface area contributed by atoms with Crippen molar-refractivity contribution in [1.82, 2.24) is 4.98 Å². The molecule has 0 saturated heterocycles. The van der Waals surface area contributed by atoms with Crippen molar-refractivity contribution >= 4 is 64.9 Å². The molecule has 0 fully saturated rings. The fourth-order valence-corrected chi connectivity index (χ4v) is 7.10. The van der Waals surface area contributed by atoms with Crippen LogP contribution in [0, 0.1) is 13.8 Å². The SMILES string of the molecule is COc1cc(S(=O)(=O)O)c(C)cc1NC(=O)C(N=Nc1ccc(OS(=O)(=O)c2c(C)ccc3ncsc23)cc1)C(C)=O. The topological polar surface area (TPSA) is 191 Å². The number of aryl methyl sites for hydroxylation is 2. The second-order valence-electron chi connectivity index (χ2n) is 8.95. The largest absolute Gasteiger partial charge is 0.495 e. The van der Waals surface area contributed by atoms with E-state index in [1.165, 1.54) is 55.7 Å². The number of methoxy groups -OCH3 is 1. The van der Waals surface area contributed by atoms with Gasteiger partial charge in [0.15, 0.2) is 5.78 Å². The minimum atomic E-state index is -4.54. The predicted molar refractivity (Wildman–Crippen MR) is 154 cm³/mol. The number of carbonyl (C=O) groups excluding carboxylic acids is 2. The highest BCUT2D eigenvalue weighted by Gasteiger charge is 2.26. The summed E-state index contributed by atoms with van der Waals surface area (Å²) >= 11 is 1.19. The number of Topliss-reactive ketones (excluding diaryl/α,β-unsaturated/α-hetero) is 1. The van der Waals surface area contributed by atoms with Crippen molar-refractivity contribution in [3.05, 3.63) is 65.2 Å². The van der Waals surface area contributed by atoms with Gasteiger partial charge in [-0.05, 0) is 68.3 Å². The number of nitrogens with zero attached hydrogens (tertiary/aromatic N) is 3. The summed E-state index contributed by atoms with van der Waals surface area (Å²) in [6.45, 7) is 4.20. The Balaban J connectivity index is 1.51. The molecule has 1 aromatic heterocycles. The van der Waals surface area contributed by atoms with Crippen LogP contribution in [0.2, 0.25) is 0 Å². The number of carbonyl (C=O) groups is 2. The molecule has 0 aliphatic rings. The van der Waals surface area contributed by atoms with E-state index >= 15 is 0 Å². The number of azo groups is 1. The number of fused-ring (bicyclic) bond motifs is 1. The third-order valence-corrected chi connectivity index (χ3v) is 9.32. The normalized spacial score (nSPS) is 12.8. The summed E-state index contributed by atoms with van der Waals surface area (Å²) in [6.07, 6.45) is 0. The maximum Gasteiger partial charge on any atom is 0.340 e. The van der Waals surface area contributed by atoms with Gasteiger partial charge < -0.3 is 14.2 Å². The van der Waals surface area contributed by atoms with Gasteiger partial charge in [0.05, 0.1) is 34.2 Å². The molecule has 42 heavy (non-hydrogen) atoms. The number of hydrogen-bond acceptors (Lipinski definition) is 12. The maximum absolute atomic E-state index is 13.1. The van der Waals surface area contributed by atoms with Crippen LogP contribution in [0.5, 0.6) is 11.5 Å². The quantitative estimate of drug-likeness (QED) is 0.108. The fraction of sp³-hybridized carbons (Fsp3) is 0.192. The summed E-state index contributed by atoms with van der Waals surface area (Å²) in [7, 11) is -7.50. The minimum Gasteiger partial charge on any atom is -0.495 e. The molecule has 0 aliphatic heterocycles. The van der Waals surface area contributed by atoms with Crippen LogP contribution >= 0.6 is 11.3 Å². The first kappa shape index (κ1) is 30.7. The lowest BCUT2D eigenvalue weighted by atomic mass is 10.1. The van der Waals surface area contributed by atoms with Gasteiger partial charge in [-0.1, -0.05) is 6.07 Å². The van der Waals surface area contributed by atoms with Gasteiger partial charge in [-0.3, -0.25) is 14.1 Å². The Labute approximate surface area is 245 Å². The Morgan fingerprint density at radius 1 is 1.02 bits per heavy atom. The summed E-state index contributed by atoms with van der Waals surface area (Å²) in [5.41, 5.74) is 2.96. The van der Waals surface area contributed by atoms with E-state index in [9.17, 15) is 31.0 Å². The van der Waals surface area contributed by atoms with E-state index in [-0.39, 0.29) is 33.3 Å². The lowest BCUT2D eigenvalue weighted by Gasteiger charge is -2.15. The molecule has 1 atom stereocenters. The Morgan fingerprint density at radius 2 is 1.71 bits per heavy atom. The highest BCUT2D eigenvalue weighted by atomic mass is 32.2. The molecule has 2 N–H and O–H groups in total. The lowest BCUT2D eigenvalue weighted by molar-refractivity contribution is -0.126. The number of rotatable bonds is 10. The van der Waals surface area contributed by atoms with E-state index in [2.05, 4.69) is 20.5 Å². The molecule has 0 spiro atoms. The minimum absolute atomic E-state index is 0.00605. The lowest BCUT2D eigenvalue weighted by Crippen LogP contribution is -2.32. The maximum atomic E-state index is 13.1. The average Bonchev–Trinajstić information content (AvgIpc) is 3.37. The van der Waals surface area contributed by atoms with E-state index in [4.69, 9.17) is 8.92 Å². The number of ether oxygens (including phenoxy) is 1. The molecule has 0 radical (unpaired) electrons. The van der Waals surface area contributed by atoms with Crippen LogP contribution in [0.25, 0.3) is 10.2 Å². The van der Waals surface area contributed by atoms with Gasteiger partial charge in [-0.15, -0.1) is 11.3 Å². The molecule has 3 aromatic carbocycles. The molecule has 1 amide bonds. The summed E-state index contributed by atoms with van der Waals surface area (Å²) in [5, 5.41) is 10.2. The Kier molecular flexibility index (Phi) is 8.72. The molecule has 16 heteroatoms. The molecule has 1 unspecified atom stereocenters. The van der Waals surface area contributed by atoms with Crippen LogP contribution in [0.3, 0.4) is 0 Å². The third kappa shape index (κ3) is 6.62. The molecule has 220 valence electrons. The van der Waals surface area contributed by atoms with Crippen LogP contribution in [0.1, 0.15) is 18.1 Å². The van der Waals surface area contributed by atoms with E-state index in [1.807, 2.05) is 0 Å². The van der Waals surface area contributed by atoms with Crippen LogP contribution in [0.15, 0.2) is 74.1 Å². The van der Waals surface area contributed by atoms with Gasteiger partial charge in [0.1, 0.15) is 21.3 Å². The number of thiazole rings is 1. The number of nitrogens with one attached hydrogen (secondary N) is 1. The van der Waals surface area contributed by atoms with Gasteiger partial charge in [-0.25, -0.2) is 4.98 Å². The van der Waals surface area contributed by atoms with Crippen molar-refractivity contribution in [3.8, 4) is 11.5 Å². The molecule has 0 bridgehead atoms. The van der Waals surface area contributed by atoms with Gasteiger partial charge in [0, 0.05) is 6.07 Å². The van der Waals surface area contributed by atoms with Crippen molar-refractivity contribution in [1.29, 1.82) is 0 Å². The first-order valence-electron chi connectivity index (χ1n) is 12.0. The van der Waals surface area contributed by atoms with Crippen LogP contribution in [-0.4, -0.2) is 51.2 Å². The molecule has 1 heterocycles. The number of benzene rings is 3. The average molecular weight is 633 g/mol. The van der Waals surface area contributed by atoms with E-state index in [0.717, 1.165) is 13.0 Å².